The molecule has 2 aromatic rings. The Morgan fingerprint density at radius 1 is 1.33 bits per heavy atom. The van der Waals surface area contributed by atoms with E-state index in [0.29, 0.717) is 38.5 Å². The minimum absolute atomic E-state index is 0.0700. The number of carbonyl (C=O) groups is 2. The average Bonchev–Trinajstić information content (AvgIpc) is 3.15. The first-order chi connectivity index (χ1) is 14.6. The van der Waals surface area contributed by atoms with Crippen LogP contribution in [0.1, 0.15) is 37.2 Å². The van der Waals surface area contributed by atoms with Crippen molar-refractivity contribution >= 4 is 22.8 Å². The number of nitrogens with zero attached hydrogens (tertiary/aromatic N) is 2. The van der Waals surface area contributed by atoms with Gasteiger partial charge in [0.15, 0.2) is 0 Å². The van der Waals surface area contributed by atoms with Gasteiger partial charge in [-0.1, -0.05) is 30.9 Å². The second kappa shape index (κ2) is 10.1. The smallest absolute Gasteiger partial charge is 0.310 e. The number of likely N-dealkylation sites (tertiary alicyclic amines) is 1. The number of carbonyl (C=O) groups excluding carboxylic acids is 2. The van der Waals surface area contributed by atoms with Crippen molar-refractivity contribution < 1.29 is 19.1 Å². The predicted octanol–water partition coefficient (Wildman–Crippen LogP) is 4.20. The van der Waals surface area contributed by atoms with Crippen LogP contribution in [0.4, 0.5) is 0 Å². The SMILES string of the molecule is C=CCOc1cccc2c1cc(C(=O)N1CCC[C@H](C(=O)OCC)C1)n2C/C=C\C. The zero-order chi connectivity index (χ0) is 21.5. The summed E-state index contributed by atoms with van der Waals surface area (Å²) >= 11 is 0. The lowest BCUT2D eigenvalue weighted by molar-refractivity contribution is -0.149. The molecule has 1 aliphatic heterocycles. The molecular weight excluding hydrogens is 380 g/mol. The van der Waals surface area contributed by atoms with Crippen molar-refractivity contribution in [3.05, 3.63) is 54.8 Å². The van der Waals surface area contributed by atoms with Crippen LogP contribution in [-0.4, -0.2) is 47.6 Å². The molecule has 0 saturated carbocycles. The number of allylic oxidation sites excluding steroid dienone is 2. The van der Waals surface area contributed by atoms with Gasteiger partial charge in [0.25, 0.3) is 5.91 Å². The lowest BCUT2D eigenvalue weighted by Gasteiger charge is -2.31. The highest BCUT2D eigenvalue weighted by Gasteiger charge is 2.31. The van der Waals surface area contributed by atoms with Gasteiger partial charge < -0.3 is 18.9 Å². The van der Waals surface area contributed by atoms with Gasteiger partial charge in [-0.2, -0.15) is 0 Å². The molecule has 3 rings (SSSR count). The lowest BCUT2D eigenvalue weighted by Crippen LogP contribution is -2.43. The minimum Gasteiger partial charge on any atom is -0.489 e. The van der Waals surface area contributed by atoms with E-state index in [9.17, 15) is 9.59 Å². The third-order valence-electron chi connectivity index (χ3n) is 5.33. The zero-order valence-corrected chi connectivity index (χ0v) is 17.8. The van der Waals surface area contributed by atoms with Gasteiger partial charge in [0, 0.05) is 25.0 Å². The number of rotatable bonds is 8. The van der Waals surface area contributed by atoms with Crippen LogP contribution in [0.3, 0.4) is 0 Å². The Kier molecular flexibility index (Phi) is 7.33. The predicted molar refractivity (Wildman–Crippen MR) is 118 cm³/mol. The second-order valence-electron chi connectivity index (χ2n) is 7.34. The highest BCUT2D eigenvalue weighted by molar-refractivity contribution is 6.00. The number of benzene rings is 1. The Balaban J connectivity index is 1.95. The number of piperidine rings is 1. The largest absolute Gasteiger partial charge is 0.489 e. The van der Waals surface area contributed by atoms with Gasteiger partial charge in [-0.25, -0.2) is 0 Å². The van der Waals surface area contributed by atoms with Crippen LogP contribution in [0.15, 0.2) is 49.1 Å². The van der Waals surface area contributed by atoms with Gasteiger partial charge in [-0.15, -0.1) is 0 Å². The molecule has 160 valence electrons. The van der Waals surface area contributed by atoms with E-state index in [2.05, 4.69) is 6.58 Å². The molecule has 0 unspecified atom stereocenters. The number of aromatic nitrogens is 1. The first kappa shape index (κ1) is 21.7. The molecule has 0 N–H and O–H groups in total. The molecule has 6 nitrogen and oxygen atoms in total. The third-order valence-corrected chi connectivity index (χ3v) is 5.33. The van der Waals surface area contributed by atoms with Crippen LogP contribution < -0.4 is 4.74 Å². The molecule has 0 aliphatic carbocycles. The van der Waals surface area contributed by atoms with Crippen LogP contribution in [-0.2, 0) is 16.1 Å². The molecule has 0 spiro atoms. The Morgan fingerprint density at radius 2 is 2.17 bits per heavy atom. The number of esters is 1. The summed E-state index contributed by atoms with van der Waals surface area (Å²) in [6, 6.07) is 7.72. The van der Waals surface area contributed by atoms with Crippen LogP contribution in [0.5, 0.6) is 5.75 Å². The minimum atomic E-state index is -0.262. The molecule has 1 atom stereocenters. The van der Waals surface area contributed by atoms with E-state index in [0.717, 1.165) is 29.5 Å². The lowest BCUT2D eigenvalue weighted by atomic mass is 9.98. The van der Waals surface area contributed by atoms with Crippen molar-refractivity contribution in [3.8, 4) is 5.75 Å². The zero-order valence-electron chi connectivity index (χ0n) is 17.8. The van der Waals surface area contributed by atoms with Gasteiger partial charge in [-0.05, 0) is 44.9 Å². The highest BCUT2D eigenvalue weighted by atomic mass is 16.5. The fourth-order valence-corrected chi connectivity index (χ4v) is 3.89. The van der Waals surface area contributed by atoms with E-state index in [1.54, 1.807) is 17.9 Å². The third kappa shape index (κ3) is 4.58. The maximum Gasteiger partial charge on any atom is 0.310 e. The average molecular weight is 411 g/mol. The summed E-state index contributed by atoms with van der Waals surface area (Å²) < 4.78 is 13.0. The van der Waals surface area contributed by atoms with Crippen molar-refractivity contribution in [1.82, 2.24) is 9.47 Å². The summed E-state index contributed by atoms with van der Waals surface area (Å²) in [6.07, 6.45) is 7.23. The first-order valence-corrected chi connectivity index (χ1v) is 10.5. The quantitative estimate of drug-likeness (QED) is 0.483. The number of ether oxygens (including phenoxy) is 2. The van der Waals surface area contributed by atoms with Gasteiger partial charge in [0.2, 0.25) is 0 Å². The molecule has 1 aliphatic rings. The summed E-state index contributed by atoms with van der Waals surface area (Å²) in [4.78, 5) is 27.4. The molecule has 2 heterocycles. The molecule has 0 bridgehead atoms. The van der Waals surface area contributed by atoms with Gasteiger partial charge >= 0.3 is 5.97 Å². The topological polar surface area (TPSA) is 60.8 Å². The van der Waals surface area contributed by atoms with E-state index in [1.807, 2.05) is 47.9 Å². The van der Waals surface area contributed by atoms with Crippen LogP contribution in [0.2, 0.25) is 0 Å². The Labute approximate surface area is 177 Å². The fraction of sp³-hybridized carbons (Fsp3) is 0.417. The van der Waals surface area contributed by atoms with Crippen LogP contribution in [0, 0.1) is 5.92 Å². The van der Waals surface area contributed by atoms with Crippen molar-refractivity contribution in [3.63, 3.8) is 0 Å². The molecule has 1 amide bonds. The van der Waals surface area contributed by atoms with E-state index in [1.165, 1.54) is 0 Å². The number of amides is 1. The van der Waals surface area contributed by atoms with Crippen LogP contribution in [0.25, 0.3) is 10.9 Å². The highest BCUT2D eigenvalue weighted by Crippen LogP contribution is 2.31. The standard InChI is InChI=1S/C24H30N2O4/c1-4-7-14-26-20-11-8-12-22(30-15-5-2)19(20)16-21(26)23(27)25-13-9-10-18(17-25)24(28)29-6-3/h4-5,7-8,11-12,16,18H,2,6,9-10,13-15,17H2,1,3H3/b7-4-/t18-/m0/s1. The molecular formula is C24H30N2O4. The Hall–Kier alpha value is -3.02. The van der Waals surface area contributed by atoms with Crippen molar-refractivity contribution in [2.24, 2.45) is 5.92 Å². The molecule has 1 aromatic heterocycles. The Bertz CT molecular complexity index is 944. The van der Waals surface area contributed by atoms with E-state index in [-0.39, 0.29) is 17.8 Å². The molecule has 6 heteroatoms. The molecule has 1 aromatic carbocycles. The monoisotopic (exact) mass is 410 g/mol. The molecule has 30 heavy (non-hydrogen) atoms. The van der Waals surface area contributed by atoms with Crippen molar-refractivity contribution in [1.29, 1.82) is 0 Å². The summed E-state index contributed by atoms with van der Waals surface area (Å²) in [5.41, 5.74) is 1.54. The molecule has 1 fully saturated rings. The van der Waals surface area contributed by atoms with Crippen LogP contribution >= 0.6 is 0 Å². The maximum atomic E-state index is 13.5. The summed E-state index contributed by atoms with van der Waals surface area (Å²) in [5, 5.41) is 0.895. The normalized spacial score (nSPS) is 16.7. The van der Waals surface area contributed by atoms with E-state index >= 15 is 0 Å². The number of hydrogen-bond donors (Lipinski definition) is 0. The van der Waals surface area contributed by atoms with Gasteiger partial charge in [0.1, 0.15) is 18.1 Å². The second-order valence-corrected chi connectivity index (χ2v) is 7.34. The summed E-state index contributed by atoms with van der Waals surface area (Å²) in [6.45, 7) is 9.83. The molecule has 0 radical (unpaired) electrons. The first-order valence-electron chi connectivity index (χ1n) is 10.5. The van der Waals surface area contributed by atoms with Gasteiger partial charge in [-0.3, -0.25) is 9.59 Å². The van der Waals surface area contributed by atoms with E-state index < -0.39 is 0 Å². The van der Waals surface area contributed by atoms with Gasteiger partial charge in [0.05, 0.1) is 18.0 Å². The number of fused-ring (bicyclic) bond motifs is 1. The Morgan fingerprint density at radius 3 is 2.90 bits per heavy atom. The fourth-order valence-electron chi connectivity index (χ4n) is 3.89. The molecule has 1 saturated heterocycles. The summed E-state index contributed by atoms with van der Waals surface area (Å²) in [7, 11) is 0. The maximum absolute atomic E-state index is 13.5. The van der Waals surface area contributed by atoms with E-state index in [4.69, 9.17) is 9.47 Å². The number of hydrogen-bond acceptors (Lipinski definition) is 4. The summed E-state index contributed by atoms with van der Waals surface area (Å²) in [5.74, 6) is 0.176. The van der Waals surface area contributed by atoms with Crippen molar-refractivity contribution in [2.75, 3.05) is 26.3 Å². The van der Waals surface area contributed by atoms with Crippen molar-refractivity contribution in [2.45, 2.75) is 33.2 Å².